The lowest BCUT2D eigenvalue weighted by atomic mass is 9.96. The molecule has 4 nitrogen and oxygen atoms in total. The monoisotopic (exact) mass is 300 g/mol. The van der Waals surface area contributed by atoms with Gasteiger partial charge in [0.2, 0.25) is 10.0 Å². The number of nitrogens with zero attached hydrogens (tertiary/aromatic N) is 1. The number of aryl methyl sites for hydroxylation is 1. The second-order valence-electron chi connectivity index (χ2n) is 5.51. The highest BCUT2D eigenvalue weighted by atomic mass is 32.2. The van der Waals surface area contributed by atoms with E-state index in [9.17, 15) is 12.8 Å². The molecule has 2 rings (SSSR count). The molecule has 6 heteroatoms. The largest absolute Gasteiger partial charge is 0.330 e. The van der Waals surface area contributed by atoms with Crippen LogP contribution < -0.4 is 5.73 Å². The number of piperidine rings is 1. The third-order valence-corrected chi connectivity index (χ3v) is 6.12. The summed E-state index contributed by atoms with van der Waals surface area (Å²) in [5.41, 5.74) is 6.11. The summed E-state index contributed by atoms with van der Waals surface area (Å²) in [6.07, 6.45) is 1.76. The number of rotatable bonds is 3. The van der Waals surface area contributed by atoms with Crippen LogP contribution >= 0.6 is 0 Å². The molecule has 0 bridgehead atoms. The summed E-state index contributed by atoms with van der Waals surface area (Å²) in [6.45, 7) is 4.45. The van der Waals surface area contributed by atoms with Crippen LogP contribution in [0.5, 0.6) is 0 Å². The van der Waals surface area contributed by atoms with Crippen molar-refractivity contribution in [2.75, 3.05) is 13.1 Å². The van der Waals surface area contributed by atoms with Crippen molar-refractivity contribution in [3.63, 3.8) is 0 Å². The summed E-state index contributed by atoms with van der Waals surface area (Å²) in [5.74, 6) is -0.227. The maximum Gasteiger partial charge on any atom is 0.243 e. The lowest BCUT2D eigenvalue weighted by molar-refractivity contribution is 0.211. The van der Waals surface area contributed by atoms with Crippen molar-refractivity contribution in [1.82, 2.24) is 4.31 Å². The smallest absolute Gasteiger partial charge is 0.243 e. The van der Waals surface area contributed by atoms with Crippen LogP contribution in [0.4, 0.5) is 4.39 Å². The van der Waals surface area contributed by atoms with Crippen molar-refractivity contribution in [2.45, 2.75) is 37.6 Å². The summed E-state index contributed by atoms with van der Waals surface area (Å²) in [6, 6.07) is 3.74. The molecule has 2 unspecified atom stereocenters. The number of benzene rings is 1. The molecule has 20 heavy (non-hydrogen) atoms. The van der Waals surface area contributed by atoms with E-state index < -0.39 is 15.8 Å². The van der Waals surface area contributed by atoms with Crippen molar-refractivity contribution in [3.8, 4) is 0 Å². The fourth-order valence-corrected chi connectivity index (χ4v) is 4.65. The van der Waals surface area contributed by atoms with E-state index in [1.54, 1.807) is 6.92 Å². The molecule has 0 aliphatic carbocycles. The van der Waals surface area contributed by atoms with Gasteiger partial charge in [-0.25, -0.2) is 12.8 Å². The molecule has 0 radical (unpaired) electrons. The number of hydrogen-bond donors (Lipinski definition) is 1. The Morgan fingerprint density at radius 1 is 1.40 bits per heavy atom. The highest BCUT2D eigenvalue weighted by molar-refractivity contribution is 7.89. The number of halogens is 1. The van der Waals surface area contributed by atoms with Gasteiger partial charge in [0.25, 0.3) is 0 Å². The van der Waals surface area contributed by atoms with Gasteiger partial charge in [0, 0.05) is 12.6 Å². The number of nitrogens with two attached hydrogens (primary N) is 1. The van der Waals surface area contributed by atoms with Crippen LogP contribution in [-0.2, 0) is 10.0 Å². The van der Waals surface area contributed by atoms with E-state index >= 15 is 0 Å². The van der Waals surface area contributed by atoms with Crippen LogP contribution in [0.1, 0.15) is 25.3 Å². The molecule has 1 aromatic rings. The van der Waals surface area contributed by atoms with Crippen LogP contribution in [0.15, 0.2) is 23.1 Å². The molecule has 1 aliphatic rings. The SMILES string of the molecule is Cc1cc(F)ccc1S(=O)(=O)N1CC(CN)CCC1C. The van der Waals surface area contributed by atoms with Crippen LogP contribution in [0, 0.1) is 18.7 Å². The molecule has 0 amide bonds. The molecular formula is C14H21FN2O2S. The van der Waals surface area contributed by atoms with Crippen LogP contribution in [-0.4, -0.2) is 31.9 Å². The standard InChI is InChI=1S/C14H21FN2O2S/c1-10-7-13(15)5-6-14(10)20(18,19)17-9-12(8-16)4-3-11(17)2/h5-7,11-12H,3-4,8-9,16H2,1-2H3. The molecule has 2 atom stereocenters. The Morgan fingerprint density at radius 2 is 2.10 bits per heavy atom. The maximum absolute atomic E-state index is 13.1. The first kappa shape index (κ1) is 15.4. The Balaban J connectivity index is 2.38. The van der Waals surface area contributed by atoms with Crippen molar-refractivity contribution < 1.29 is 12.8 Å². The van der Waals surface area contributed by atoms with Gasteiger partial charge in [0.1, 0.15) is 5.82 Å². The third-order valence-electron chi connectivity index (χ3n) is 3.98. The van der Waals surface area contributed by atoms with Gasteiger partial charge in [-0.1, -0.05) is 0 Å². The zero-order valence-electron chi connectivity index (χ0n) is 11.8. The maximum atomic E-state index is 13.1. The van der Waals surface area contributed by atoms with Gasteiger partial charge in [-0.05, 0) is 62.9 Å². The first-order chi connectivity index (χ1) is 9.36. The Bertz CT molecular complexity index is 589. The number of sulfonamides is 1. The highest BCUT2D eigenvalue weighted by Crippen LogP contribution is 2.29. The van der Waals surface area contributed by atoms with E-state index in [-0.39, 0.29) is 16.9 Å². The lowest BCUT2D eigenvalue weighted by Gasteiger charge is -2.36. The van der Waals surface area contributed by atoms with E-state index in [1.165, 1.54) is 22.5 Å². The fourth-order valence-electron chi connectivity index (χ4n) is 2.70. The fraction of sp³-hybridized carbons (Fsp3) is 0.571. The second kappa shape index (κ2) is 5.79. The van der Waals surface area contributed by atoms with E-state index in [2.05, 4.69) is 0 Å². The Hall–Kier alpha value is -0.980. The molecule has 2 N–H and O–H groups in total. The van der Waals surface area contributed by atoms with Crippen LogP contribution in [0.2, 0.25) is 0 Å². The lowest BCUT2D eigenvalue weighted by Crippen LogP contribution is -2.47. The molecular weight excluding hydrogens is 279 g/mol. The summed E-state index contributed by atoms with van der Waals surface area (Å²) >= 11 is 0. The zero-order chi connectivity index (χ0) is 14.9. The molecule has 112 valence electrons. The average molecular weight is 300 g/mol. The van der Waals surface area contributed by atoms with Crippen LogP contribution in [0.25, 0.3) is 0 Å². The van der Waals surface area contributed by atoms with E-state index in [1.807, 2.05) is 6.92 Å². The van der Waals surface area contributed by atoms with Crippen LogP contribution in [0.3, 0.4) is 0 Å². The quantitative estimate of drug-likeness (QED) is 0.927. The van der Waals surface area contributed by atoms with Gasteiger partial charge < -0.3 is 5.73 Å². The predicted octanol–water partition coefficient (Wildman–Crippen LogP) is 1.88. The Labute approximate surface area is 119 Å². The van der Waals surface area contributed by atoms with Gasteiger partial charge >= 0.3 is 0 Å². The van der Waals surface area contributed by atoms with Crippen molar-refractivity contribution in [2.24, 2.45) is 11.7 Å². The molecule has 0 aromatic heterocycles. The molecule has 1 aromatic carbocycles. The second-order valence-corrected chi connectivity index (χ2v) is 7.37. The van der Waals surface area contributed by atoms with Gasteiger partial charge in [0.15, 0.2) is 0 Å². The van der Waals surface area contributed by atoms with E-state index in [0.29, 0.717) is 18.7 Å². The molecule has 1 saturated heterocycles. The number of hydrogen-bond acceptors (Lipinski definition) is 3. The third kappa shape index (κ3) is 2.87. The topological polar surface area (TPSA) is 63.4 Å². The zero-order valence-corrected chi connectivity index (χ0v) is 12.7. The molecule has 1 heterocycles. The minimum Gasteiger partial charge on any atom is -0.330 e. The minimum atomic E-state index is -3.59. The first-order valence-electron chi connectivity index (χ1n) is 6.84. The molecule has 0 spiro atoms. The summed E-state index contributed by atoms with van der Waals surface area (Å²) in [7, 11) is -3.59. The summed E-state index contributed by atoms with van der Waals surface area (Å²) < 4.78 is 40.2. The predicted molar refractivity (Wildman–Crippen MR) is 76.3 cm³/mol. The van der Waals surface area contributed by atoms with Crippen molar-refractivity contribution >= 4 is 10.0 Å². The first-order valence-corrected chi connectivity index (χ1v) is 8.28. The minimum absolute atomic E-state index is 0.0488. The van der Waals surface area contributed by atoms with Crippen molar-refractivity contribution in [1.29, 1.82) is 0 Å². The van der Waals surface area contributed by atoms with Gasteiger partial charge in [-0.2, -0.15) is 4.31 Å². The molecule has 1 aliphatic heterocycles. The van der Waals surface area contributed by atoms with E-state index in [0.717, 1.165) is 12.8 Å². The van der Waals surface area contributed by atoms with E-state index in [4.69, 9.17) is 5.73 Å². The summed E-state index contributed by atoms with van der Waals surface area (Å²) in [4.78, 5) is 0.184. The van der Waals surface area contributed by atoms with Crippen molar-refractivity contribution in [3.05, 3.63) is 29.6 Å². The average Bonchev–Trinajstić information content (AvgIpc) is 2.38. The Kier molecular flexibility index (Phi) is 4.46. The van der Waals surface area contributed by atoms with Gasteiger partial charge in [-0.3, -0.25) is 0 Å². The van der Waals surface area contributed by atoms with Gasteiger partial charge in [0.05, 0.1) is 4.90 Å². The summed E-state index contributed by atoms with van der Waals surface area (Å²) in [5, 5.41) is 0. The Morgan fingerprint density at radius 3 is 2.70 bits per heavy atom. The molecule has 1 fully saturated rings. The highest BCUT2D eigenvalue weighted by Gasteiger charge is 2.35. The van der Waals surface area contributed by atoms with Gasteiger partial charge in [-0.15, -0.1) is 0 Å². The normalized spacial score (nSPS) is 24.8. The molecule has 0 saturated carbocycles.